The van der Waals surface area contributed by atoms with Crippen LogP contribution in [0.1, 0.15) is 59.6 Å². The first kappa shape index (κ1) is 27.8. The van der Waals surface area contributed by atoms with Crippen LogP contribution >= 0.6 is 33.9 Å². The molecule has 0 spiro atoms. The molecule has 3 aromatic rings. The summed E-state index contributed by atoms with van der Waals surface area (Å²) in [5, 5.41) is 15.2. The van der Waals surface area contributed by atoms with Gasteiger partial charge >= 0.3 is 0 Å². The highest BCUT2D eigenvalue weighted by molar-refractivity contribution is 9.14. The Morgan fingerprint density at radius 3 is 1.56 bits per heavy atom. The van der Waals surface area contributed by atoms with Gasteiger partial charge in [0.1, 0.15) is 5.75 Å². The summed E-state index contributed by atoms with van der Waals surface area (Å²) in [7, 11) is -0.679. The van der Waals surface area contributed by atoms with Crippen LogP contribution in [-0.4, -0.2) is 10.9 Å². The Kier molecular flexibility index (Phi) is 9.08. The van der Waals surface area contributed by atoms with Crippen LogP contribution < -0.4 is 15.9 Å². The lowest BCUT2D eigenvalue weighted by Crippen LogP contribution is -2.21. The van der Waals surface area contributed by atoms with Crippen molar-refractivity contribution in [2.24, 2.45) is 0 Å². The first-order chi connectivity index (χ1) is 15.9. The molecule has 1 atom stereocenters. The Bertz CT molecular complexity index is 1080. The van der Waals surface area contributed by atoms with E-state index in [4.69, 9.17) is 11.8 Å². The number of aromatic hydroxyl groups is 1. The number of phenols is 1. The predicted molar refractivity (Wildman–Crippen MR) is 164 cm³/mol. The van der Waals surface area contributed by atoms with Crippen LogP contribution in [0, 0.1) is 0 Å². The topological polar surface area (TPSA) is 20.2 Å². The second-order valence-corrected chi connectivity index (χ2v) is 25.3. The summed E-state index contributed by atoms with van der Waals surface area (Å²) in [6, 6.07) is 26.0. The van der Waals surface area contributed by atoms with E-state index in [0.29, 0.717) is 5.75 Å². The van der Waals surface area contributed by atoms with Gasteiger partial charge in [0.05, 0.1) is 4.44 Å². The van der Waals surface area contributed by atoms with E-state index in [2.05, 4.69) is 121 Å². The fourth-order valence-electron chi connectivity index (χ4n) is 3.71. The SMILES string of the molecule is CCSP(=S)(SP(c1ccccc1)c1ccccc1)c1cc(C(C)(C)C)c(O)c(C(C)(C)C)c1. The van der Waals surface area contributed by atoms with Gasteiger partial charge in [-0.05, 0) is 39.3 Å². The van der Waals surface area contributed by atoms with Gasteiger partial charge in [-0.15, -0.1) is 11.4 Å². The Morgan fingerprint density at radius 2 is 1.21 bits per heavy atom. The van der Waals surface area contributed by atoms with Gasteiger partial charge in [0, 0.05) is 23.6 Å². The molecule has 3 aromatic carbocycles. The second kappa shape index (κ2) is 11.1. The molecule has 6 heteroatoms. The van der Waals surface area contributed by atoms with Gasteiger partial charge in [-0.1, -0.05) is 132 Å². The molecule has 0 fully saturated rings. The molecular weight excluding hydrogens is 510 g/mol. The zero-order chi connectivity index (χ0) is 25.1. The zero-order valence-electron chi connectivity index (χ0n) is 21.2. The van der Waals surface area contributed by atoms with Gasteiger partial charge < -0.3 is 5.11 Å². The minimum atomic E-state index is -2.09. The summed E-state index contributed by atoms with van der Waals surface area (Å²) >= 11 is 10.5. The maximum atomic E-state index is 11.3. The average molecular weight is 547 g/mol. The number of hydrogen-bond acceptors (Lipinski definition) is 4. The molecule has 34 heavy (non-hydrogen) atoms. The van der Waals surface area contributed by atoms with E-state index in [-0.39, 0.29) is 10.8 Å². The normalized spacial score (nSPS) is 14.2. The molecule has 1 unspecified atom stereocenters. The standard InChI is InChI=1S/C28H36OP2S3/c1-8-33-31(32,23-19-24(27(2,3)4)26(29)25(20-23)28(5,6)7)34-30(21-15-11-9-12-16-21)22-17-13-10-14-18-22/h9-20,29H,8H2,1-7H3. The van der Waals surface area contributed by atoms with Crippen LogP contribution in [0.25, 0.3) is 0 Å². The molecule has 1 nitrogen and oxygen atoms in total. The Hall–Kier alpha value is -0.760. The molecule has 0 aliphatic heterocycles. The summed E-state index contributed by atoms with van der Waals surface area (Å²) in [6.07, 6.45) is 0. The molecule has 0 aromatic heterocycles. The van der Waals surface area contributed by atoms with Crippen LogP contribution in [0.15, 0.2) is 72.8 Å². The van der Waals surface area contributed by atoms with Crippen molar-refractivity contribution in [3.05, 3.63) is 83.9 Å². The van der Waals surface area contributed by atoms with E-state index < -0.39 is 11.6 Å². The maximum Gasteiger partial charge on any atom is 0.123 e. The smallest absolute Gasteiger partial charge is 0.123 e. The molecule has 0 saturated heterocycles. The molecule has 0 bridgehead atoms. The first-order valence-electron chi connectivity index (χ1n) is 11.6. The van der Waals surface area contributed by atoms with Gasteiger partial charge in [-0.2, -0.15) is 0 Å². The highest BCUT2D eigenvalue weighted by Gasteiger charge is 2.33. The van der Waals surface area contributed by atoms with Crippen LogP contribution in [-0.2, 0) is 22.6 Å². The molecule has 0 aliphatic rings. The fourth-order valence-corrected chi connectivity index (χ4v) is 23.0. The number of rotatable bonds is 7. The van der Waals surface area contributed by atoms with Crippen molar-refractivity contribution in [1.29, 1.82) is 0 Å². The van der Waals surface area contributed by atoms with E-state index in [0.717, 1.165) is 16.9 Å². The molecule has 0 aliphatic carbocycles. The maximum absolute atomic E-state index is 11.3. The van der Waals surface area contributed by atoms with Crippen molar-refractivity contribution in [2.75, 3.05) is 5.75 Å². The summed E-state index contributed by atoms with van der Waals surface area (Å²) in [4.78, 5) is 0. The first-order valence-corrected chi connectivity index (χ1v) is 19.4. The summed E-state index contributed by atoms with van der Waals surface area (Å²) < 4.78 is -2.09. The van der Waals surface area contributed by atoms with Gasteiger partial charge in [-0.25, -0.2) is 0 Å². The molecule has 3 rings (SSSR count). The highest BCUT2D eigenvalue weighted by Crippen LogP contribution is 2.78. The van der Waals surface area contributed by atoms with Crippen molar-refractivity contribution < 1.29 is 5.11 Å². The molecule has 0 saturated carbocycles. The van der Waals surface area contributed by atoms with Gasteiger partial charge in [0.15, 0.2) is 0 Å². The average Bonchev–Trinajstić information content (AvgIpc) is 2.77. The van der Waals surface area contributed by atoms with Crippen molar-refractivity contribution in [1.82, 2.24) is 0 Å². The zero-order valence-corrected chi connectivity index (χ0v) is 25.4. The molecule has 0 heterocycles. The summed E-state index contributed by atoms with van der Waals surface area (Å²) in [5.41, 5.74) is 1.63. The van der Waals surface area contributed by atoms with E-state index in [1.54, 1.807) is 0 Å². The third kappa shape index (κ3) is 6.51. The fraction of sp³-hybridized carbons (Fsp3) is 0.357. The van der Waals surface area contributed by atoms with Crippen molar-refractivity contribution in [2.45, 2.75) is 59.3 Å². The van der Waals surface area contributed by atoms with Crippen molar-refractivity contribution in [3.8, 4) is 5.75 Å². The molecule has 1 N–H and O–H groups in total. The lowest BCUT2D eigenvalue weighted by molar-refractivity contribution is 0.424. The summed E-state index contributed by atoms with van der Waals surface area (Å²) in [5.74, 6) is 1.39. The lowest BCUT2D eigenvalue weighted by Gasteiger charge is -2.32. The van der Waals surface area contributed by atoms with E-state index >= 15 is 0 Å². The van der Waals surface area contributed by atoms with Gasteiger partial charge in [0.25, 0.3) is 0 Å². The van der Waals surface area contributed by atoms with E-state index in [9.17, 15) is 5.11 Å². The number of hydrogen-bond donors (Lipinski definition) is 1. The Labute approximate surface area is 220 Å². The van der Waals surface area contributed by atoms with Crippen LogP contribution in [0.4, 0.5) is 0 Å². The summed E-state index contributed by atoms with van der Waals surface area (Å²) in [6.45, 7) is 15.2. The number of phenolic OH excluding ortho intramolecular Hbond substituents is 1. The Balaban J connectivity index is 2.22. The van der Waals surface area contributed by atoms with Crippen molar-refractivity contribution >= 4 is 61.7 Å². The minimum Gasteiger partial charge on any atom is -0.507 e. The van der Waals surface area contributed by atoms with Crippen LogP contribution in [0.3, 0.4) is 0 Å². The molecule has 0 amide bonds. The number of benzene rings is 3. The monoisotopic (exact) mass is 546 g/mol. The predicted octanol–water partition coefficient (Wildman–Crippen LogP) is 8.46. The van der Waals surface area contributed by atoms with E-state index in [1.165, 1.54) is 15.9 Å². The van der Waals surface area contributed by atoms with E-state index in [1.807, 2.05) is 22.4 Å². The van der Waals surface area contributed by atoms with Gasteiger partial charge in [-0.3, -0.25) is 0 Å². The second-order valence-electron chi connectivity index (χ2n) is 10.4. The molecule has 0 radical (unpaired) electrons. The van der Waals surface area contributed by atoms with Crippen LogP contribution in [0.2, 0.25) is 0 Å². The van der Waals surface area contributed by atoms with Crippen LogP contribution in [0.5, 0.6) is 5.75 Å². The third-order valence-electron chi connectivity index (χ3n) is 5.50. The quantitative estimate of drug-likeness (QED) is 0.300. The molecular formula is C28H36OP2S3. The Morgan fingerprint density at radius 1 is 0.794 bits per heavy atom. The van der Waals surface area contributed by atoms with Crippen molar-refractivity contribution in [3.63, 3.8) is 0 Å². The van der Waals surface area contributed by atoms with Gasteiger partial charge in [0.2, 0.25) is 0 Å². The largest absolute Gasteiger partial charge is 0.507 e. The lowest BCUT2D eigenvalue weighted by atomic mass is 9.79. The third-order valence-corrected chi connectivity index (χ3v) is 23.9. The highest BCUT2D eigenvalue weighted by atomic mass is 33.4. The minimum absolute atomic E-state index is 0.175. The molecule has 182 valence electrons.